The Labute approximate surface area is 175 Å². The van der Waals surface area contributed by atoms with E-state index in [1.165, 1.54) is 18.4 Å². The van der Waals surface area contributed by atoms with Crippen LogP contribution in [-0.2, 0) is 4.74 Å². The number of methoxy groups -OCH3 is 1. The van der Waals surface area contributed by atoms with Crippen LogP contribution >= 0.6 is 34.5 Å². The molecule has 0 aliphatic heterocycles. The van der Waals surface area contributed by atoms with Crippen LogP contribution in [0, 0.1) is 0 Å². The van der Waals surface area contributed by atoms with Crippen molar-refractivity contribution in [1.82, 2.24) is 14.8 Å². The molecule has 0 spiro atoms. The van der Waals surface area contributed by atoms with Gasteiger partial charge < -0.3 is 4.74 Å². The number of hydrogen-bond acceptors (Lipinski definition) is 5. The van der Waals surface area contributed by atoms with Gasteiger partial charge in [-0.15, -0.1) is 11.3 Å². The molecule has 1 unspecified atom stereocenters. The Morgan fingerprint density at radius 3 is 2.89 bits per heavy atom. The number of hydrogen-bond donors (Lipinski definition) is 0. The minimum Gasteiger partial charge on any atom is -0.465 e. The Kier molecular flexibility index (Phi) is 5.35. The number of allylic oxidation sites excluding steroid dienone is 4. The first-order valence-corrected chi connectivity index (χ1v) is 10.0. The van der Waals surface area contributed by atoms with Crippen LogP contribution in [0.4, 0.5) is 0 Å². The second-order valence-electron chi connectivity index (χ2n) is 6.14. The van der Waals surface area contributed by atoms with E-state index >= 15 is 0 Å². The lowest BCUT2D eigenvalue weighted by molar-refractivity contribution is 0.0606. The molecule has 3 aromatic rings. The third kappa shape index (κ3) is 3.63. The molecule has 8 heteroatoms. The summed E-state index contributed by atoms with van der Waals surface area (Å²) in [5.41, 5.74) is 2.59. The Morgan fingerprint density at radius 1 is 1.32 bits per heavy atom. The fourth-order valence-corrected chi connectivity index (χ4v) is 4.28. The predicted molar refractivity (Wildman–Crippen MR) is 112 cm³/mol. The van der Waals surface area contributed by atoms with E-state index in [4.69, 9.17) is 33.0 Å². The summed E-state index contributed by atoms with van der Waals surface area (Å²) in [5.74, 6) is -0.356. The number of aromatic nitrogens is 3. The molecule has 1 aliphatic rings. The summed E-state index contributed by atoms with van der Waals surface area (Å²) in [5, 5.41) is 5.95. The first kappa shape index (κ1) is 18.9. The molecule has 4 rings (SSSR count). The fourth-order valence-electron chi connectivity index (χ4n) is 2.98. The molecule has 28 heavy (non-hydrogen) atoms. The smallest absolute Gasteiger partial charge is 0.348 e. The minimum atomic E-state index is -0.356. The van der Waals surface area contributed by atoms with Crippen molar-refractivity contribution in [3.63, 3.8) is 0 Å². The van der Waals surface area contributed by atoms with E-state index in [1.54, 1.807) is 24.5 Å². The Hall–Kier alpha value is -2.41. The average molecular weight is 432 g/mol. The van der Waals surface area contributed by atoms with Gasteiger partial charge in [0.15, 0.2) is 0 Å². The van der Waals surface area contributed by atoms with Crippen molar-refractivity contribution in [1.29, 1.82) is 0 Å². The van der Waals surface area contributed by atoms with Crippen LogP contribution in [0.2, 0.25) is 0 Å². The molecular formula is C20H15Cl2N3O2S. The van der Waals surface area contributed by atoms with E-state index in [9.17, 15) is 4.79 Å². The van der Waals surface area contributed by atoms with Crippen LogP contribution in [0.3, 0.4) is 0 Å². The van der Waals surface area contributed by atoms with Gasteiger partial charge >= 0.3 is 5.97 Å². The van der Waals surface area contributed by atoms with E-state index in [-0.39, 0.29) is 12.0 Å². The predicted octanol–water partition coefficient (Wildman–Crippen LogP) is 5.65. The topological polar surface area (TPSA) is 57.0 Å². The SMILES string of the molecule is COC(=O)c1ccc(-c2cc(-c3cccnc3)nn2C2C=CC(Cl)=C(Cl)C2)s1. The Bertz CT molecular complexity index is 1090. The van der Waals surface area contributed by atoms with Crippen LogP contribution in [0.15, 0.2) is 64.9 Å². The lowest BCUT2D eigenvalue weighted by atomic mass is 10.1. The van der Waals surface area contributed by atoms with E-state index in [0.717, 1.165) is 21.8 Å². The molecule has 0 aromatic carbocycles. The zero-order chi connectivity index (χ0) is 19.7. The number of carbonyl (C=O) groups is 1. The van der Waals surface area contributed by atoms with Gasteiger partial charge in [0.25, 0.3) is 0 Å². The van der Waals surface area contributed by atoms with Gasteiger partial charge in [0.05, 0.1) is 34.4 Å². The van der Waals surface area contributed by atoms with Crippen LogP contribution < -0.4 is 0 Å². The summed E-state index contributed by atoms with van der Waals surface area (Å²) in [4.78, 5) is 17.5. The molecule has 0 bridgehead atoms. The first-order chi connectivity index (χ1) is 13.6. The zero-order valence-corrected chi connectivity index (χ0v) is 17.1. The molecule has 0 fully saturated rings. The Balaban J connectivity index is 1.80. The number of carbonyl (C=O) groups excluding carboxylic acids is 1. The number of halogens is 2. The van der Waals surface area contributed by atoms with Crippen molar-refractivity contribution < 1.29 is 9.53 Å². The second kappa shape index (κ2) is 7.91. The van der Waals surface area contributed by atoms with Gasteiger partial charge in [0.1, 0.15) is 4.88 Å². The van der Waals surface area contributed by atoms with Crippen molar-refractivity contribution in [3.8, 4) is 21.8 Å². The van der Waals surface area contributed by atoms with Gasteiger partial charge in [0.2, 0.25) is 0 Å². The Morgan fingerprint density at radius 2 is 2.18 bits per heavy atom. The molecule has 0 radical (unpaired) electrons. The van der Waals surface area contributed by atoms with Gasteiger partial charge in [0, 0.05) is 29.4 Å². The minimum absolute atomic E-state index is 0.0842. The standard InChI is InChI=1S/C20H15Cl2N3O2S/c1-27-20(26)19-7-6-18(28-19)17-10-16(12-3-2-8-23-11-12)24-25(17)13-4-5-14(21)15(22)9-13/h2-8,10-11,13H,9H2,1H3. The number of thiophene rings is 1. The van der Waals surface area contributed by atoms with Crippen LogP contribution in [0.5, 0.6) is 0 Å². The fraction of sp³-hybridized carbons (Fsp3) is 0.150. The van der Waals surface area contributed by atoms with E-state index < -0.39 is 0 Å². The largest absolute Gasteiger partial charge is 0.465 e. The lowest BCUT2D eigenvalue weighted by Gasteiger charge is -2.19. The summed E-state index contributed by atoms with van der Waals surface area (Å²) in [6.07, 6.45) is 7.81. The third-order valence-electron chi connectivity index (χ3n) is 4.36. The lowest BCUT2D eigenvalue weighted by Crippen LogP contribution is -2.12. The van der Waals surface area contributed by atoms with Gasteiger partial charge in [-0.1, -0.05) is 29.3 Å². The van der Waals surface area contributed by atoms with E-state index in [2.05, 4.69) is 4.98 Å². The van der Waals surface area contributed by atoms with Gasteiger partial charge in [-0.2, -0.15) is 5.10 Å². The summed E-state index contributed by atoms with van der Waals surface area (Å²) in [7, 11) is 1.37. The highest BCUT2D eigenvalue weighted by atomic mass is 35.5. The molecule has 0 N–H and O–H groups in total. The molecule has 0 saturated carbocycles. The van der Waals surface area contributed by atoms with Crippen molar-refractivity contribution in [2.75, 3.05) is 7.11 Å². The highest BCUT2D eigenvalue weighted by Crippen LogP contribution is 2.37. The molecular weight excluding hydrogens is 417 g/mol. The number of nitrogens with zero attached hydrogens (tertiary/aromatic N) is 3. The highest BCUT2D eigenvalue weighted by molar-refractivity contribution is 7.17. The molecule has 3 heterocycles. The van der Waals surface area contributed by atoms with E-state index in [0.29, 0.717) is 21.4 Å². The van der Waals surface area contributed by atoms with Gasteiger partial charge in [-0.25, -0.2) is 4.79 Å². The molecule has 0 amide bonds. The molecule has 1 atom stereocenters. The number of ether oxygens (including phenoxy) is 1. The second-order valence-corrected chi connectivity index (χ2v) is 8.09. The monoisotopic (exact) mass is 431 g/mol. The molecule has 142 valence electrons. The number of esters is 1. The maximum atomic E-state index is 11.9. The first-order valence-electron chi connectivity index (χ1n) is 8.47. The average Bonchev–Trinajstić information content (AvgIpc) is 3.37. The molecule has 3 aromatic heterocycles. The summed E-state index contributed by atoms with van der Waals surface area (Å²) in [6, 6.07) is 9.39. The van der Waals surface area contributed by atoms with Crippen LogP contribution in [0.1, 0.15) is 22.1 Å². The van der Waals surface area contributed by atoms with Crippen molar-refractivity contribution >= 4 is 40.5 Å². The normalized spacial score (nSPS) is 16.5. The number of rotatable bonds is 4. The van der Waals surface area contributed by atoms with Crippen LogP contribution in [-0.4, -0.2) is 27.8 Å². The maximum Gasteiger partial charge on any atom is 0.348 e. The third-order valence-corrected chi connectivity index (χ3v) is 6.26. The maximum absolute atomic E-state index is 11.9. The van der Waals surface area contributed by atoms with Crippen molar-refractivity contribution in [3.05, 3.63) is 69.8 Å². The highest BCUT2D eigenvalue weighted by Gasteiger charge is 2.23. The molecule has 5 nitrogen and oxygen atoms in total. The molecule has 0 saturated heterocycles. The summed E-state index contributed by atoms with van der Waals surface area (Å²) in [6.45, 7) is 0. The number of pyridine rings is 1. The van der Waals surface area contributed by atoms with Crippen LogP contribution in [0.25, 0.3) is 21.8 Å². The quantitative estimate of drug-likeness (QED) is 0.500. The van der Waals surface area contributed by atoms with Gasteiger partial charge in [-0.3, -0.25) is 9.67 Å². The van der Waals surface area contributed by atoms with Crippen molar-refractivity contribution in [2.45, 2.75) is 12.5 Å². The zero-order valence-electron chi connectivity index (χ0n) is 14.8. The van der Waals surface area contributed by atoms with Crippen molar-refractivity contribution in [2.24, 2.45) is 0 Å². The molecule has 1 aliphatic carbocycles. The summed E-state index contributed by atoms with van der Waals surface area (Å²) < 4.78 is 6.74. The summed E-state index contributed by atoms with van der Waals surface area (Å²) >= 11 is 13.8. The van der Waals surface area contributed by atoms with Gasteiger partial charge in [-0.05, 0) is 36.4 Å². The van der Waals surface area contributed by atoms with E-state index in [1.807, 2.05) is 35.0 Å².